The summed E-state index contributed by atoms with van der Waals surface area (Å²) in [6, 6.07) is 8.92. The number of halogens is 1. The van der Waals surface area contributed by atoms with Crippen LogP contribution < -0.4 is 9.64 Å². The number of rotatable bonds is 6. The lowest BCUT2D eigenvalue weighted by Crippen LogP contribution is -2.53. The minimum absolute atomic E-state index is 0. The predicted octanol–water partition coefficient (Wildman–Crippen LogP) is 4.99. The van der Waals surface area contributed by atoms with Crippen molar-refractivity contribution < 1.29 is 4.74 Å². The first kappa shape index (κ1) is 19.4. The van der Waals surface area contributed by atoms with Gasteiger partial charge in [0.15, 0.2) is 0 Å². The van der Waals surface area contributed by atoms with Crippen molar-refractivity contribution in [3.63, 3.8) is 0 Å². The van der Waals surface area contributed by atoms with Gasteiger partial charge in [-0.15, -0.1) is 12.4 Å². The van der Waals surface area contributed by atoms with Crippen molar-refractivity contribution in [3.05, 3.63) is 24.3 Å². The van der Waals surface area contributed by atoms with Crippen LogP contribution in [0.3, 0.4) is 0 Å². The molecular weight excluding hydrogens is 356 g/mol. The standard InChI is InChI=1S/C23H34N2O.ClH/c1-24(10-11-25-8-2-3-9-25)21-4-6-22(7-5-21)26-23-15-18-12-19(16-23)14-20(13-18)17-23;/h4-7,18-20H,2-3,8-17H2,1H3;1H. The molecule has 0 aromatic heterocycles. The molecular formula is C23H35ClN2O. The number of likely N-dealkylation sites (N-methyl/N-ethyl adjacent to an activating group) is 1. The molecule has 1 heterocycles. The van der Waals surface area contributed by atoms with Crippen molar-refractivity contribution in [2.24, 2.45) is 17.8 Å². The maximum atomic E-state index is 6.66. The Morgan fingerprint density at radius 2 is 1.52 bits per heavy atom. The summed E-state index contributed by atoms with van der Waals surface area (Å²) in [5.41, 5.74) is 1.47. The Labute approximate surface area is 170 Å². The smallest absolute Gasteiger partial charge is 0.120 e. The van der Waals surface area contributed by atoms with Gasteiger partial charge in [-0.25, -0.2) is 0 Å². The fourth-order valence-electron chi connectivity index (χ4n) is 6.60. The topological polar surface area (TPSA) is 15.7 Å². The Bertz CT molecular complexity index is 590. The Hall–Kier alpha value is -0.930. The van der Waals surface area contributed by atoms with E-state index in [-0.39, 0.29) is 18.0 Å². The summed E-state index contributed by atoms with van der Waals surface area (Å²) in [5.74, 6) is 3.91. The van der Waals surface area contributed by atoms with Crippen molar-refractivity contribution in [2.75, 3.05) is 38.1 Å². The van der Waals surface area contributed by atoms with Crippen LogP contribution in [0.2, 0.25) is 0 Å². The van der Waals surface area contributed by atoms with Crippen LogP contribution in [-0.2, 0) is 0 Å². The molecule has 4 aliphatic carbocycles. The molecule has 0 spiro atoms. The molecule has 5 aliphatic rings. The third-order valence-electron chi connectivity index (χ3n) is 7.54. The molecule has 0 radical (unpaired) electrons. The first-order valence-corrected chi connectivity index (χ1v) is 10.9. The van der Waals surface area contributed by atoms with Gasteiger partial charge >= 0.3 is 0 Å². The third-order valence-corrected chi connectivity index (χ3v) is 7.54. The fourth-order valence-corrected chi connectivity index (χ4v) is 6.60. The molecule has 4 bridgehead atoms. The second kappa shape index (κ2) is 7.83. The van der Waals surface area contributed by atoms with Crippen molar-refractivity contribution in [2.45, 2.75) is 57.0 Å². The van der Waals surface area contributed by atoms with Crippen molar-refractivity contribution >= 4 is 18.1 Å². The molecule has 4 saturated carbocycles. The normalized spacial score (nSPS) is 34.5. The summed E-state index contributed by atoms with van der Waals surface area (Å²) < 4.78 is 6.66. The average Bonchev–Trinajstić information content (AvgIpc) is 3.12. The van der Waals surface area contributed by atoms with E-state index in [1.54, 1.807) is 0 Å². The molecule has 3 nitrogen and oxygen atoms in total. The number of hydrogen-bond acceptors (Lipinski definition) is 3. The molecule has 4 heteroatoms. The van der Waals surface area contributed by atoms with Crippen LogP contribution in [0.15, 0.2) is 24.3 Å². The summed E-state index contributed by atoms with van der Waals surface area (Å²) in [5, 5.41) is 0. The van der Waals surface area contributed by atoms with Crippen LogP contribution in [-0.4, -0.2) is 43.7 Å². The van der Waals surface area contributed by atoms with Gasteiger partial charge in [0.1, 0.15) is 11.4 Å². The molecule has 1 saturated heterocycles. The molecule has 0 amide bonds. The monoisotopic (exact) mass is 390 g/mol. The SMILES string of the molecule is CN(CCN1CCCC1)c1ccc(OC23CC4CC(CC(C4)C2)C3)cc1.Cl. The predicted molar refractivity (Wildman–Crippen MR) is 114 cm³/mol. The lowest BCUT2D eigenvalue weighted by molar-refractivity contribution is -0.107. The van der Waals surface area contributed by atoms with E-state index in [9.17, 15) is 0 Å². The Kier molecular flexibility index (Phi) is 5.62. The van der Waals surface area contributed by atoms with Gasteiger partial charge < -0.3 is 14.5 Å². The van der Waals surface area contributed by atoms with E-state index in [1.165, 1.54) is 76.7 Å². The number of anilines is 1. The number of nitrogens with zero attached hydrogens (tertiary/aromatic N) is 2. The Morgan fingerprint density at radius 3 is 2.07 bits per heavy atom. The maximum absolute atomic E-state index is 6.66. The number of likely N-dealkylation sites (tertiary alicyclic amines) is 1. The van der Waals surface area contributed by atoms with E-state index in [1.807, 2.05) is 0 Å². The van der Waals surface area contributed by atoms with Gasteiger partial charge in [-0.2, -0.15) is 0 Å². The highest BCUT2D eigenvalue weighted by Gasteiger charge is 2.52. The van der Waals surface area contributed by atoms with Crippen LogP contribution in [0.25, 0.3) is 0 Å². The van der Waals surface area contributed by atoms with Gasteiger partial charge in [0, 0.05) is 25.8 Å². The molecule has 1 aromatic rings. The highest BCUT2D eigenvalue weighted by atomic mass is 35.5. The van der Waals surface area contributed by atoms with Gasteiger partial charge in [0.2, 0.25) is 0 Å². The largest absolute Gasteiger partial charge is 0.487 e. The zero-order valence-electron chi connectivity index (χ0n) is 16.7. The van der Waals surface area contributed by atoms with Gasteiger partial charge in [0.05, 0.1) is 0 Å². The van der Waals surface area contributed by atoms with Gasteiger partial charge in [-0.3, -0.25) is 0 Å². The summed E-state index contributed by atoms with van der Waals surface area (Å²) in [6.07, 6.45) is 11.1. The molecule has 6 rings (SSSR count). The first-order chi connectivity index (χ1) is 12.7. The highest BCUT2D eigenvalue weighted by molar-refractivity contribution is 5.85. The maximum Gasteiger partial charge on any atom is 0.120 e. The Morgan fingerprint density at radius 1 is 0.963 bits per heavy atom. The summed E-state index contributed by atoms with van der Waals surface area (Å²) in [7, 11) is 2.21. The van der Waals surface area contributed by atoms with Gasteiger partial charge in [0.25, 0.3) is 0 Å². The fraction of sp³-hybridized carbons (Fsp3) is 0.739. The minimum Gasteiger partial charge on any atom is -0.487 e. The number of hydrogen-bond donors (Lipinski definition) is 0. The Balaban J connectivity index is 0.00000180. The third kappa shape index (κ3) is 4.10. The van der Waals surface area contributed by atoms with Gasteiger partial charge in [-0.05, 0) is 106 Å². The van der Waals surface area contributed by atoms with Crippen LogP contribution in [0.1, 0.15) is 51.4 Å². The summed E-state index contributed by atoms with van der Waals surface area (Å²) in [4.78, 5) is 4.97. The average molecular weight is 391 g/mol. The van der Waals surface area contributed by atoms with E-state index in [0.717, 1.165) is 30.0 Å². The number of ether oxygens (including phenoxy) is 1. The summed E-state index contributed by atoms with van der Waals surface area (Å²) >= 11 is 0. The van der Waals surface area contributed by atoms with Crippen LogP contribution in [0, 0.1) is 17.8 Å². The zero-order chi connectivity index (χ0) is 17.6. The quantitative estimate of drug-likeness (QED) is 0.680. The molecule has 0 atom stereocenters. The van der Waals surface area contributed by atoms with Crippen LogP contribution >= 0.6 is 12.4 Å². The van der Waals surface area contributed by atoms with Crippen LogP contribution in [0.5, 0.6) is 5.75 Å². The van der Waals surface area contributed by atoms with E-state index >= 15 is 0 Å². The van der Waals surface area contributed by atoms with Crippen LogP contribution in [0.4, 0.5) is 5.69 Å². The zero-order valence-corrected chi connectivity index (χ0v) is 17.6. The first-order valence-electron chi connectivity index (χ1n) is 10.9. The van der Waals surface area contributed by atoms with E-state index in [4.69, 9.17) is 4.74 Å². The highest BCUT2D eigenvalue weighted by Crippen LogP contribution is 2.57. The van der Waals surface area contributed by atoms with E-state index in [0.29, 0.717) is 0 Å². The molecule has 1 aromatic carbocycles. The van der Waals surface area contributed by atoms with E-state index < -0.39 is 0 Å². The number of benzene rings is 1. The van der Waals surface area contributed by atoms with Crippen molar-refractivity contribution in [1.82, 2.24) is 4.90 Å². The molecule has 150 valence electrons. The van der Waals surface area contributed by atoms with Gasteiger partial charge in [-0.1, -0.05) is 0 Å². The van der Waals surface area contributed by atoms with Crippen molar-refractivity contribution in [3.8, 4) is 5.75 Å². The lowest BCUT2D eigenvalue weighted by Gasteiger charge is -2.56. The molecule has 27 heavy (non-hydrogen) atoms. The summed E-state index contributed by atoms with van der Waals surface area (Å²) in [6.45, 7) is 4.86. The lowest BCUT2D eigenvalue weighted by atomic mass is 9.54. The molecule has 0 N–H and O–H groups in total. The van der Waals surface area contributed by atoms with Crippen molar-refractivity contribution in [1.29, 1.82) is 0 Å². The van der Waals surface area contributed by atoms with E-state index in [2.05, 4.69) is 41.1 Å². The molecule has 0 unspecified atom stereocenters. The molecule has 1 aliphatic heterocycles. The second-order valence-corrected chi connectivity index (χ2v) is 9.67. The molecule has 5 fully saturated rings. The second-order valence-electron chi connectivity index (χ2n) is 9.67. The minimum atomic E-state index is 0.